The Morgan fingerprint density at radius 1 is 1.33 bits per heavy atom. The molecule has 0 fully saturated rings. The van der Waals surface area contributed by atoms with Crippen LogP contribution in [0.2, 0.25) is 0 Å². The topological polar surface area (TPSA) is 62.2 Å². The van der Waals surface area contributed by atoms with Crippen LogP contribution in [0, 0.1) is 5.82 Å². The third-order valence-electron chi connectivity index (χ3n) is 3.13. The van der Waals surface area contributed by atoms with Gasteiger partial charge in [-0.3, -0.25) is 9.78 Å². The molecular weight excluding hydrogens is 271 g/mol. The molecule has 2 aromatic rings. The maximum absolute atomic E-state index is 12.8. The van der Waals surface area contributed by atoms with Gasteiger partial charge in [-0.25, -0.2) is 4.39 Å². The van der Waals surface area contributed by atoms with Crippen molar-refractivity contribution in [2.75, 3.05) is 0 Å². The maximum atomic E-state index is 12.8. The van der Waals surface area contributed by atoms with Gasteiger partial charge in [0.05, 0.1) is 11.7 Å². The van der Waals surface area contributed by atoms with Crippen molar-refractivity contribution in [3.63, 3.8) is 0 Å². The van der Waals surface area contributed by atoms with E-state index in [-0.39, 0.29) is 17.8 Å². The summed E-state index contributed by atoms with van der Waals surface area (Å²) in [6, 6.07) is 8.82. The summed E-state index contributed by atoms with van der Waals surface area (Å²) in [6.07, 6.45) is 2.67. The van der Waals surface area contributed by atoms with Crippen LogP contribution in [0.4, 0.5) is 4.39 Å². The van der Waals surface area contributed by atoms with E-state index in [9.17, 15) is 14.3 Å². The molecule has 1 amide bonds. The number of pyridine rings is 1. The van der Waals surface area contributed by atoms with Crippen LogP contribution >= 0.6 is 0 Å². The first-order valence-electron chi connectivity index (χ1n) is 6.70. The van der Waals surface area contributed by atoms with Gasteiger partial charge in [0, 0.05) is 18.4 Å². The summed E-state index contributed by atoms with van der Waals surface area (Å²) in [5.74, 6) is -0.578. The number of benzene rings is 1. The van der Waals surface area contributed by atoms with E-state index in [1.807, 2.05) is 0 Å². The first kappa shape index (κ1) is 15.1. The number of hydrogen-bond acceptors (Lipinski definition) is 3. The molecule has 0 saturated heterocycles. The second-order valence-electron chi connectivity index (χ2n) is 4.92. The Kier molecular flexibility index (Phi) is 5.00. The number of rotatable bonds is 5. The quantitative estimate of drug-likeness (QED) is 0.888. The highest BCUT2D eigenvalue weighted by atomic mass is 19.1. The molecule has 0 radical (unpaired) electrons. The molecule has 1 heterocycles. The lowest BCUT2D eigenvalue weighted by molar-refractivity contribution is 0.0916. The molecule has 2 unspecified atom stereocenters. The van der Waals surface area contributed by atoms with Crippen LogP contribution in [-0.2, 0) is 0 Å². The zero-order valence-corrected chi connectivity index (χ0v) is 11.7. The monoisotopic (exact) mass is 288 g/mol. The SMILES string of the molecule is CC(CC(O)c1ccc(F)cc1)NC(=O)c1cccnc1. The zero-order chi connectivity index (χ0) is 15.2. The number of aromatic nitrogens is 1. The molecule has 21 heavy (non-hydrogen) atoms. The zero-order valence-electron chi connectivity index (χ0n) is 11.7. The highest BCUT2D eigenvalue weighted by molar-refractivity contribution is 5.93. The summed E-state index contributed by atoms with van der Waals surface area (Å²) in [5.41, 5.74) is 1.10. The van der Waals surface area contributed by atoms with E-state index in [1.54, 1.807) is 25.3 Å². The molecule has 0 saturated carbocycles. The summed E-state index contributed by atoms with van der Waals surface area (Å²) < 4.78 is 12.8. The Hall–Kier alpha value is -2.27. The fraction of sp³-hybridized carbons (Fsp3) is 0.250. The number of carbonyl (C=O) groups is 1. The normalized spacial score (nSPS) is 13.5. The number of aliphatic hydroxyl groups excluding tert-OH is 1. The molecule has 0 aliphatic rings. The predicted octanol–water partition coefficient (Wildman–Crippen LogP) is 2.46. The molecule has 0 spiro atoms. The molecule has 4 nitrogen and oxygen atoms in total. The summed E-state index contributed by atoms with van der Waals surface area (Å²) in [4.78, 5) is 15.8. The smallest absolute Gasteiger partial charge is 0.253 e. The molecule has 2 N–H and O–H groups in total. The molecule has 2 atom stereocenters. The van der Waals surface area contributed by atoms with E-state index in [4.69, 9.17) is 0 Å². The van der Waals surface area contributed by atoms with Crippen LogP contribution < -0.4 is 5.32 Å². The van der Waals surface area contributed by atoms with Crippen molar-refractivity contribution in [3.8, 4) is 0 Å². The molecular formula is C16H17FN2O2. The highest BCUT2D eigenvalue weighted by Crippen LogP contribution is 2.18. The van der Waals surface area contributed by atoms with Gasteiger partial charge in [-0.1, -0.05) is 12.1 Å². The third kappa shape index (κ3) is 4.36. The van der Waals surface area contributed by atoms with Gasteiger partial charge in [0.15, 0.2) is 0 Å². The number of amides is 1. The van der Waals surface area contributed by atoms with E-state index in [2.05, 4.69) is 10.3 Å². The molecule has 110 valence electrons. The number of aliphatic hydroxyl groups is 1. The minimum atomic E-state index is -0.755. The van der Waals surface area contributed by atoms with Crippen LogP contribution in [-0.4, -0.2) is 22.0 Å². The van der Waals surface area contributed by atoms with Crippen molar-refractivity contribution in [2.45, 2.75) is 25.5 Å². The van der Waals surface area contributed by atoms with Crippen molar-refractivity contribution in [1.29, 1.82) is 0 Å². The van der Waals surface area contributed by atoms with E-state index in [1.165, 1.54) is 30.5 Å². The second kappa shape index (κ2) is 6.95. The first-order chi connectivity index (χ1) is 10.1. The summed E-state index contributed by atoms with van der Waals surface area (Å²) in [5, 5.41) is 12.9. The Morgan fingerprint density at radius 3 is 2.67 bits per heavy atom. The van der Waals surface area contributed by atoms with Crippen LogP contribution in [0.25, 0.3) is 0 Å². The van der Waals surface area contributed by atoms with Crippen molar-refractivity contribution in [2.24, 2.45) is 0 Å². The van der Waals surface area contributed by atoms with Gasteiger partial charge in [-0.15, -0.1) is 0 Å². The molecule has 0 aliphatic carbocycles. The molecule has 1 aromatic heterocycles. The second-order valence-corrected chi connectivity index (χ2v) is 4.92. The third-order valence-corrected chi connectivity index (χ3v) is 3.13. The van der Waals surface area contributed by atoms with Gasteiger partial charge < -0.3 is 10.4 Å². The fourth-order valence-electron chi connectivity index (χ4n) is 2.02. The van der Waals surface area contributed by atoms with E-state index >= 15 is 0 Å². The number of nitrogens with zero attached hydrogens (tertiary/aromatic N) is 1. The molecule has 2 rings (SSSR count). The largest absolute Gasteiger partial charge is 0.388 e. The average molecular weight is 288 g/mol. The van der Waals surface area contributed by atoms with Gasteiger partial charge >= 0.3 is 0 Å². The van der Waals surface area contributed by atoms with Crippen LogP contribution in [0.1, 0.15) is 35.4 Å². The van der Waals surface area contributed by atoms with E-state index < -0.39 is 6.10 Å². The predicted molar refractivity (Wildman–Crippen MR) is 77.1 cm³/mol. The lowest BCUT2D eigenvalue weighted by atomic mass is 10.0. The van der Waals surface area contributed by atoms with E-state index in [0.29, 0.717) is 17.5 Å². The number of hydrogen-bond donors (Lipinski definition) is 2. The van der Waals surface area contributed by atoms with Gasteiger partial charge in [0.1, 0.15) is 5.82 Å². The molecule has 1 aromatic carbocycles. The van der Waals surface area contributed by atoms with E-state index in [0.717, 1.165) is 0 Å². The number of halogens is 1. The summed E-state index contributed by atoms with van der Waals surface area (Å²) in [6.45, 7) is 1.81. The van der Waals surface area contributed by atoms with Crippen molar-refractivity contribution >= 4 is 5.91 Å². The van der Waals surface area contributed by atoms with Crippen molar-refractivity contribution in [1.82, 2.24) is 10.3 Å². The van der Waals surface area contributed by atoms with Gasteiger partial charge in [-0.2, -0.15) is 0 Å². The maximum Gasteiger partial charge on any atom is 0.253 e. The standard InChI is InChI=1S/C16H17FN2O2/c1-11(19-16(21)13-3-2-8-18-10-13)9-15(20)12-4-6-14(17)7-5-12/h2-8,10-11,15,20H,9H2,1H3,(H,19,21). The average Bonchev–Trinajstić information content (AvgIpc) is 2.48. The van der Waals surface area contributed by atoms with Crippen LogP contribution in [0.5, 0.6) is 0 Å². The van der Waals surface area contributed by atoms with Gasteiger partial charge in [-0.05, 0) is 43.2 Å². The molecule has 5 heteroatoms. The number of nitrogens with one attached hydrogen (secondary N) is 1. The Bertz CT molecular complexity index is 587. The lowest BCUT2D eigenvalue weighted by Gasteiger charge is -2.18. The Balaban J connectivity index is 1.91. The lowest BCUT2D eigenvalue weighted by Crippen LogP contribution is -2.33. The first-order valence-corrected chi connectivity index (χ1v) is 6.70. The van der Waals surface area contributed by atoms with Gasteiger partial charge in [0.2, 0.25) is 0 Å². The highest BCUT2D eigenvalue weighted by Gasteiger charge is 2.15. The van der Waals surface area contributed by atoms with Crippen molar-refractivity contribution < 1.29 is 14.3 Å². The molecule has 0 aliphatic heterocycles. The van der Waals surface area contributed by atoms with Crippen LogP contribution in [0.3, 0.4) is 0 Å². The van der Waals surface area contributed by atoms with Crippen molar-refractivity contribution in [3.05, 3.63) is 65.7 Å². The number of carbonyl (C=O) groups excluding carboxylic acids is 1. The molecule has 0 bridgehead atoms. The fourth-order valence-corrected chi connectivity index (χ4v) is 2.02. The minimum absolute atomic E-state index is 0.224. The van der Waals surface area contributed by atoms with Crippen LogP contribution in [0.15, 0.2) is 48.8 Å². The summed E-state index contributed by atoms with van der Waals surface area (Å²) in [7, 11) is 0. The Morgan fingerprint density at radius 2 is 2.05 bits per heavy atom. The van der Waals surface area contributed by atoms with Gasteiger partial charge in [0.25, 0.3) is 5.91 Å². The summed E-state index contributed by atoms with van der Waals surface area (Å²) >= 11 is 0. The Labute approximate surface area is 122 Å². The minimum Gasteiger partial charge on any atom is -0.388 e.